The van der Waals surface area contributed by atoms with Crippen molar-refractivity contribution >= 4 is 17.3 Å². The number of fused-ring (bicyclic) bond motifs is 1. The summed E-state index contributed by atoms with van der Waals surface area (Å²) in [6.07, 6.45) is 1.16. The summed E-state index contributed by atoms with van der Waals surface area (Å²) in [5, 5.41) is 0. The molecule has 0 radical (unpaired) electrons. The molecule has 0 spiro atoms. The average Bonchev–Trinajstić information content (AvgIpc) is 2.44. The van der Waals surface area contributed by atoms with E-state index < -0.39 is 0 Å². The minimum Gasteiger partial charge on any atom is -0.367 e. The highest BCUT2D eigenvalue weighted by Gasteiger charge is 2.24. The lowest BCUT2D eigenvalue weighted by atomic mass is 10.1. The van der Waals surface area contributed by atoms with E-state index in [9.17, 15) is 0 Å². The number of halogens is 1. The molecule has 1 nitrogen and oxygen atoms in total. The minimum absolute atomic E-state index is 0.608. The molecule has 1 aromatic carbocycles. The average molecular weight is 196 g/mol. The summed E-state index contributed by atoms with van der Waals surface area (Å²) in [6.45, 7) is 3.21. The van der Waals surface area contributed by atoms with E-state index in [0.717, 1.165) is 13.0 Å². The molecule has 70 valence electrons. The Morgan fingerprint density at radius 2 is 2.23 bits per heavy atom. The number of alkyl halides is 1. The van der Waals surface area contributed by atoms with Crippen LogP contribution in [0.25, 0.3) is 0 Å². The third kappa shape index (κ3) is 1.53. The summed E-state index contributed by atoms with van der Waals surface area (Å²) in [5.74, 6) is 0.707. The van der Waals surface area contributed by atoms with Crippen molar-refractivity contribution in [1.29, 1.82) is 0 Å². The third-order valence-electron chi connectivity index (χ3n) is 2.67. The van der Waals surface area contributed by atoms with Crippen molar-refractivity contribution in [3.8, 4) is 0 Å². The zero-order valence-electron chi connectivity index (χ0n) is 7.83. The predicted molar refractivity (Wildman–Crippen MR) is 57.7 cm³/mol. The molecule has 0 saturated heterocycles. The highest BCUT2D eigenvalue weighted by molar-refractivity contribution is 6.18. The van der Waals surface area contributed by atoms with Crippen molar-refractivity contribution in [2.24, 2.45) is 0 Å². The normalized spacial score (nSPS) is 20.5. The molecule has 0 amide bonds. The van der Waals surface area contributed by atoms with Crippen LogP contribution in [0.2, 0.25) is 0 Å². The first-order valence-electron chi connectivity index (χ1n) is 4.73. The van der Waals surface area contributed by atoms with Crippen molar-refractivity contribution in [3.63, 3.8) is 0 Å². The second-order valence-corrected chi connectivity index (χ2v) is 3.94. The van der Waals surface area contributed by atoms with Gasteiger partial charge in [-0.3, -0.25) is 0 Å². The van der Waals surface area contributed by atoms with Crippen molar-refractivity contribution in [1.82, 2.24) is 0 Å². The smallest absolute Gasteiger partial charge is 0.0402 e. The molecule has 0 bridgehead atoms. The second-order valence-electron chi connectivity index (χ2n) is 3.56. The van der Waals surface area contributed by atoms with E-state index in [1.54, 1.807) is 0 Å². The van der Waals surface area contributed by atoms with Crippen molar-refractivity contribution in [2.75, 3.05) is 17.3 Å². The fraction of sp³-hybridized carbons (Fsp3) is 0.455. The van der Waals surface area contributed by atoms with Crippen LogP contribution in [0, 0.1) is 0 Å². The highest BCUT2D eigenvalue weighted by Crippen LogP contribution is 2.31. The van der Waals surface area contributed by atoms with Crippen LogP contribution < -0.4 is 4.90 Å². The Morgan fingerprint density at radius 3 is 3.00 bits per heavy atom. The van der Waals surface area contributed by atoms with Gasteiger partial charge < -0.3 is 4.90 Å². The molecule has 2 heteroatoms. The van der Waals surface area contributed by atoms with Gasteiger partial charge in [0.1, 0.15) is 0 Å². The Balaban J connectivity index is 2.29. The van der Waals surface area contributed by atoms with Gasteiger partial charge in [-0.2, -0.15) is 0 Å². The standard InChI is InChI=1S/C11H14ClN/c1-9-8-10-4-2-3-5-11(10)13(9)7-6-12/h2-5,9H,6-8H2,1H3. The molecule has 2 rings (SSSR count). The molecule has 0 saturated carbocycles. The van der Waals surface area contributed by atoms with E-state index in [4.69, 9.17) is 11.6 Å². The fourth-order valence-electron chi connectivity index (χ4n) is 2.06. The maximum Gasteiger partial charge on any atom is 0.0402 e. The zero-order valence-corrected chi connectivity index (χ0v) is 8.59. The van der Waals surface area contributed by atoms with Crippen molar-refractivity contribution in [2.45, 2.75) is 19.4 Å². The zero-order chi connectivity index (χ0) is 9.26. The van der Waals surface area contributed by atoms with E-state index in [0.29, 0.717) is 11.9 Å². The van der Waals surface area contributed by atoms with Crippen LogP contribution >= 0.6 is 11.6 Å². The van der Waals surface area contributed by atoms with Crippen LogP contribution in [-0.2, 0) is 6.42 Å². The molecular formula is C11H14ClN. The molecule has 1 heterocycles. The summed E-state index contributed by atoms with van der Waals surface area (Å²) >= 11 is 5.77. The fourth-order valence-corrected chi connectivity index (χ4v) is 2.24. The number of rotatable bonds is 2. The Kier molecular flexibility index (Phi) is 2.45. The van der Waals surface area contributed by atoms with Gasteiger partial charge in [0.25, 0.3) is 0 Å². The largest absolute Gasteiger partial charge is 0.367 e. The molecule has 1 aliphatic heterocycles. The predicted octanol–water partition coefficient (Wildman–Crippen LogP) is 2.68. The molecule has 1 atom stereocenters. The highest BCUT2D eigenvalue weighted by atomic mass is 35.5. The summed E-state index contributed by atoms with van der Waals surface area (Å²) in [7, 11) is 0. The van der Waals surface area contributed by atoms with Crippen molar-refractivity contribution < 1.29 is 0 Å². The van der Waals surface area contributed by atoms with Gasteiger partial charge >= 0.3 is 0 Å². The van der Waals surface area contributed by atoms with Gasteiger partial charge in [-0.1, -0.05) is 18.2 Å². The summed E-state index contributed by atoms with van der Waals surface area (Å²) in [5.41, 5.74) is 2.83. The van der Waals surface area contributed by atoms with Crippen LogP contribution in [-0.4, -0.2) is 18.5 Å². The van der Waals surface area contributed by atoms with E-state index >= 15 is 0 Å². The van der Waals surface area contributed by atoms with Gasteiger partial charge in [0.15, 0.2) is 0 Å². The van der Waals surface area contributed by atoms with Gasteiger partial charge in [-0.25, -0.2) is 0 Å². The first-order valence-corrected chi connectivity index (χ1v) is 5.27. The van der Waals surface area contributed by atoms with Gasteiger partial charge in [-0.05, 0) is 25.0 Å². The van der Waals surface area contributed by atoms with Gasteiger partial charge in [0.2, 0.25) is 0 Å². The number of benzene rings is 1. The molecular weight excluding hydrogens is 182 g/mol. The van der Waals surface area contributed by atoms with E-state index in [1.165, 1.54) is 11.3 Å². The number of hydrogen-bond acceptors (Lipinski definition) is 1. The van der Waals surface area contributed by atoms with Gasteiger partial charge in [0.05, 0.1) is 0 Å². The van der Waals surface area contributed by atoms with Crippen LogP contribution in [0.5, 0.6) is 0 Å². The molecule has 0 N–H and O–H groups in total. The number of para-hydroxylation sites is 1. The van der Waals surface area contributed by atoms with E-state index in [1.807, 2.05) is 0 Å². The lowest BCUT2D eigenvalue weighted by Crippen LogP contribution is -2.30. The molecule has 0 aromatic heterocycles. The molecule has 0 aliphatic carbocycles. The first-order chi connectivity index (χ1) is 6.33. The molecule has 1 aromatic rings. The monoisotopic (exact) mass is 195 g/mol. The van der Waals surface area contributed by atoms with E-state index in [2.05, 4.69) is 36.1 Å². The SMILES string of the molecule is CC1Cc2ccccc2N1CCCl. The first kappa shape index (κ1) is 8.89. The molecule has 0 fully saturated rings. The summed E-state index contributed by atoms with van der Waals surface area (Å²) < 4.78 is 0. The number of hydrogen-bond donors (Lipinski definition) is 0. The summed E-state index contributed by atoms with van der Waals surface area (Å²) in [4.78, 5) is 2.39. The van der Waals surface area contributed by atoms with Crippen LogP contribution in [0.3, 0.4) is 0 Å². The lowest BCUT2D eigenvalue weighted by molar-refractivity contribution is 0.692. The lowest BCUT2D eigenvalue weighted by Gasteiger charge is -2.23. The van der Waals surface area contributed by atoms with Gasteiger partial charge in [-0.15, -0.1) is 11.6 Å². The van der Waals surface area contributed by atoms with E-state index in [-0.39, 0.29) is 0 Å². The molecule has 1 unspecified atom stereocenters. The number of nitrogens with zero attached hydrogens (tertiary/aromatic N) is 1. The quantitative estimate of drug-likeness (QED) is 0.656. The maximum atomic E-state index is 5.77. The topological polar surface area (TPSA) is 3.24 Å². The maximum absolute atomic E-state index is 5.77. The Bertz CT molecular complexity index is 298. The van der Waals surface area contributed by atoms with Crippen molar-refractivity contribution in [3.05, 3.63) is 29.8 Å². The second kappa shape index (κ2) is 3.59. The number of anilines is 1. The third-order valence-corrected chi connectivity index (χ3v) is 2.84. The Hall–Kier alpha value is -0.690. The van der Waals surface area contributed by atoms with Crippen LogP contribution in [0.15, 0.2) is 24.3 Å². The minimum atomic E-state index is 0.608. The molecule has 1 aliphatic rings. The van der Waals surface area contributed by atoms with Crippen LogP contribution in [0.1, 0.15) is 12.5 Å². The Morgan fingerprint density at radius 1 is 1.46 bits per heavy atom. The summed E-state index contributed by atoms with van der Waals surface area (Å²) in [6, 6.07) is 9.20. The molecule has 13 heavy (non-hydrogen) atoms. The van der Waals surface area contributed by atoms with Gasteiger partial charge in [0, 0.05) is 24.2 Å². The Labute approximate surface area is 84.3 Å². The van der Waals surface area contributed by atoms with Crippen LogP contribution in [0.4, 0.5) is 5.69 Å².